The van der Waals surface area contributed by atoms with Gasteiger partial charge in [-0.1, -0.05) is 6.92 Å². The quantitative estimate of drug-likeness (QED) is 0.618. The van der Waals surface area contributed by atoms with Gasteiger partial charge in [0.2, 0.25) is 5.91 Å². The molecule has 2 rings (SSSR count). The van der Waals surface area contributed by atoms with Crippen LogP contribution in [0.3, 0.4) is 0 Å². The lowest BCUT2D eigenvalue weighted by Crippen LogP contribution is -2.56. The number of aliphatic hydroxyl groups is 2. The third-order valence-corrected chi connectivity index (χ3v) is 4.84. The first-order valence-electron chi connectivity index (χ1n) is 7.91. The van der Waals surface area contributed by atoms with E-state index in [1.54, 1.807) is 0 Å². The summed E-state index contributed by atoms with van der Waals surface area (Å²) >= 11 is 0. The van der Waals surface area contributed by atoms with Gasteiger partial charge < -0.3 is 15.9 Å². The highest BCUT2D eigenvalue weighted by molar-refractivity contribution is 5.80. The molecule has 0 aromatic rings. The smallest absolute Gasteiger partial charge is 0.234 e. The molecule has 0 aromatic heterocycles. The molecule has 2 heterocycles. The molecule has 1 unspecified atom stereocenters. The number of carbonyl (C=O) groups excluding carboxylic acids is 1. The van der Waals surface area contributed by atoms with Crippen LogP contribution < -0.4 is 5.73 Å². The second kappa shape index (κ2) is 7.54. The fraction of sp³-hybridized carbons (Fsp3) is 0.867. The first kappa shape index (κ1) is 16.7. The molecule has 0 saturated carbocycles. The summed E-state index contributed by atoms with van der Waals surface area (Å²) in [7, 11) is 0. The Morgan fingerprint density at radius 2 is 2.24 bits per heavy atom. The van der Waals surface area contributed by atoms with Crippen molar-refractivity contribution in [1.29, 1.82) is 0 Å². The molecule has 21 heavy (non-hydrogen) atoms. The molecule has 0 spiro atoms. The van der Waals surface area contributed by atoms with Crippen LogP contribution in [-0.2, 0) is 4.79 Å². The molecule has 2 aliphatic heterocycles. The Morgan fingerprint density at radius 3 is 2.86 bits per heavy atom. The van der Waals surface area contributed by atoms with Crippen LogP contribution in [-0.4, -0.2) is 76.9 Å². The van der Waals surface area contributed by atoms with Gasteiger partial charge in [-0.15, -0.1) is 0 Å². The number of nitrogens with two attached hydrogens (primary N) is 1. The fourth-order valence-corrected chi connectivity index (χ4v) is 3.41. The Hall–Kier alpha value is -0.690. The average molecular weight is 298 g/mol. The van der Waals surface area contributed by atoms with Gasteiger partial charge in [0.25, 0.3) is 0 Å². The summed E-state index contributed by atoms with van der Waals surface area (Å²) in [6.45, 7) is 5.14. The van der Waals surface area contributed by atoms with Crippen LogP contribution in [0.1, 0.15) is 26.2 Å². The maximum Gasteiger partial charge on any atom is 0.234 e. The highest BCUT2D eigenvalue weighted by Gasteiger charge is 2.33. The van der Waals surface area contributed by atoms with Crippen molar-refractivity contribution < 1.29 is 15.0 Å². The highest BCUT2D eigenvalue weighted by Crippen LogP contribution is 2.21. The van der Waals surface area contributed by atoms with Gasteiger partial charge in [0, 0.05) is 25.7 Å². The molecule has 2 saturated heterocycles. The second-order valence-electron chi connectivity index (χ2n) is 6.39. The van der Waals surface area contributed by atoms with Gasteiger partial charge in [0.15, 0.2) is 0 Å². The molecule has 1 radical (unpaired) electrons. The first-order valence-corrected chi connectivity index (χ1v) is 7.91. The van der Waals surface area contributed by atoms with Crippen LogP contribution in [0.15, 0.2) is 0 Å². The molecule has 121 valence electrons. The van der Waals surface area contributed by atoms with E-state index in [-0.39, 0.29) is 36.6 Å². The van der Waals surface area contributed by atoms with Crippen molar-refractivity contribution in [2.45, 2.75) is 44.4 Å². The number of piperidine rings is 2. The van der Waals surface area contributed by atoms with Crippen LogP contribution >= 0.6 is 0 Å². The maximum atomic E-state index is 11.6. The van der Waals surface area contributed by atoms with Crippen molar-refractivity contribution in [3.05, 3.63) is 6.42 Å². The Balaban J connectivity index is 1.96. The van der Waals surface area contributed by atoms with Gasteiger partial charge in [-0.3, -0.25) is 14.6 Å². The molecule has 2 fully saturated rings. The van der Waals surface area contributed by atoms with E-state index in [0.717, 1.165) is 32.5 Å². The topological polar surface area (TPSA) is 90.0 Å². The number of hydrogen-bond acceptors (Lipinski definition) is 5. The van der Waals surface area contributed by atoms with E-state index >= 15 is 0 Å². The highest BCUT2D eigenvalue weighted by atomic mass is 16.3. The zero-order valence-electron chi connectivity index (χ0n) is 12.8. The van der Waals surface area contributed by atoms with Crippen LogP contribution in [0.25, 0.3) is 0 Å². The Morgan fingerprint density at radius 1 is 1.48 bits per heavy atom. The molecule has 6 heteroatoms. The van der Waals surface area contributed by atoms with E-state index in [9.17, 15) is 15.0 Å². The minimum absolute atomic E-state index is 0.0000926. The van der Waals surface area contributed by atoms with E-state index in [0.29, 0.717) is 13.0 Å². The van der Waals surface area contributed by atoms with Gasteiger partial charge in [-0.25, -0.2) is 0 Å². The monoisotopic (exact) mass is 298 g/mol. The minimum Gasteiger partial charge on any atom is -0.395 e. The molecule has 2 aliphatic rings. The third kappa shape index (κ3) is 4.16. The van der Waals surface area contributed by atoms with E-state index in [2.05, 4.69) is 16.2 Å². The largest absolute Gasteiger partial charge is 0.395 e. The predicted molar refractivity (Wildman–Crippen MR) is 80.3 cm³/mol. The van der Waals surface area contributed by atoms with Gasteiger partial charge in [-0.2, -0.15) is 0 Å². The first-order chi connectivity index (χ1) is 10.0. The molecule has 1 amide bonds. The van der Waals surface area contributed by atoms with Gasteiger partial charge >= 0.3 is 0 Å². The minimum atomic E-state index is -0.287. The maximum absolute atomic E-state index is 11.6. The number of carbonyl (C=O) groups is 1. The number of hydrogen-bond donors (Lipinski definition) is 3. The number of nitrogens with zero attached hydrogens (tertiary/aromatic N) is 2. The zero-order chi connectivity index (χ0) is 15.4. The van der Waals surface area contributed by atoms with Crippen LogP contribution in [0.4, 0.5) is 0 Å². The third-order valence-electron chi connectivity index (χ3n) is 4.84. The van der Waals surface area contributed by atoms with Crippen molar-refractivity contribution in [2.24, 2.45) is 11.7 Å². The molecule has 6 nitrogen and oxygen atoms in total. The van der Waals surface area contributed by atoms with Crippen LogP contribution in [0, 0.1) is 12.3 Å². The molecule has 0 aliphatic carbocycles. The van der Waals surface area contributed by atoms with Gasteiger partial charge in [0.05, 0.1) is 18.8 Å². The van der Waals surface area contributed by atoms with Crippen molar-refractivity contribution in [3.63, 3.8) is 0 Å². The molecule has 4 atom stereocenters. The molecule has 4 N–H and O–H groups in total. The summed E-state index contributed by atoms with van der Waals surface area (Å²) < 4.78 is 0. The summed E-state index contributed by atoms with van der Waals surface area (Å²) in [6.07, 6.45) is 4.26. The number of primary amides is 1. The molecule has 0 aromatic carbocycles. The van der Waals surface area contributed by atoms with Crippen LogP contribution in [0.5, 0.6) is 0 Å². The van der Waals surface area contributed by atoms with Crippen molar-refractivity contribution in [1.82, 2.24) is 9.80 Å². The number of rotatable bonds is 5. The van der Waals surface area contributed by atoms with Gasteiger partial charge in [-0.05, 0) is 38.1 Å². The number of likely N-dealkylation sites (tertiary alicyclic amines) is 2. The van der Waals surface area contributed by atoms with Crippen molar-refractivity contribution >= 4 is 5.91 Å². The van der Waals surface area contributed by atoms with Crippen molar-refractivity contribution in [2.75, 3.05) is 32.8 Å². The van der Waals surface area contributed by atoms with E-state index < -0.39 is 0 Å². The Labute approximate surface area is 126 Å². The lowest BCUT2D eigenvalue weighted by molar-refractivity contribution is -0.124. The van der Waals surface area contributed by atoms with Crippen LogP contribution in [0.2, 0.25) is 0 Å². The molecule has 0 bridgehead atoms. The Kier molecular flexibility index (Phi) is 5.98. The summed E-state index contributed by atoms with van der Waals surface area (Å²) in [5, 5.41) is 19.6. The summed E-state index contributed by atoms with van der Waals surface area (Å²) in [5.41, 5.74) is 5.48. The summed E-state index contributed by atoms with van der Waals surface area (Å²) in [4.78, 5) is 15.9. The second-order valence-corrected chi connectivity index (χ2v) is 6.39. The fourth-order valence-electron chi connectivity index (χ4n) is 3.41. The number of aliphatic hydroxyl groups excluding tert-OH is 2. The lowest BCUT2D eigenvalue weighted by atomic mass is 9.95. The molecular weight excluding hydrogens is 270 g/mol. The van der Waals surface area contributed by atoms with E-state index in [1.165, 1.54) is 0 Å². The van der Waals surface area contributed by atoms with E-state index in [4.69, 9.17) is 5.73 Å². The zero-order valence-corrected chi connectivity index (χ0v) is 12.8. The van der Waals surface area contributed by atoms with Crippen molar-refractivity contribution in [3.8, 4) is 0 Å². The number of amides is 1. The summed E-state index contributed by atoms with van der Waals surface area (Å²) in [6, 6.07) is -0.250. The van der Waals surface area contributed by atoms with Gasteiger partial charge in [0.1, 0.15) is 0 Å². The lowest BCUT2D eigenvalue weighted by Gasteiger charge is -2.42. The Bertz CT molecular complexity index is 353. The normalized spacial score (nSPS) is 33.8. The summed E-state index contributed by atoms with van der Waals surface area (Å²) in [5.74, 6) is -0.0699. The van der Waals surface area contributed by atoms with E-state index in [1.807, 2.05) is 6.92 Å². The standard InChI is InChI=1S/C15H28N3O3/c1-11-8-17(7-5-14(11)20)12(10-19)9-18-6-3-2-4-13(18)15(16)21/h2,11-14,19-20H,3-10H2,1H3,(H2,16,21)/t11-,12+,13?,14-/m0/s1. The SMILES string of the molecule is C[C@H]1CN([C@@H](CO)CN2CC[CH]CC2C(N)=O)CC[C@@H]1O. The molecular formula is C15H28N3O3. The average Bonchev–Trinajstić information content (AvgIpc) is 2.48. The predicted octanol–water partition coefficient (Wildman–Crippen LogP) is -0.796.